The van der Waals surface area contributed by atoms with Gasteiger partial charge in [0.2, 0.25) is 0 Å². The maximum absolute atomic E-state index is 12.2. The molecule has 2 aromatic rings. The zero-order valence-corrected chi connectivity index (χ0v) is 16.0. The normalized spacial score (nSPS) is 11.1. The van der Waals surface area contributed by atoms with E-state index in [2.05, 4.69) is 5.32 Å². The van der Waals surface area contributed by atoms with Crippen LogP contribution in [0.15, 0.2) is 42.5 Å². The highest BCUT2D eigenvalue weighted by atomic mass is 16.6. The van der Waals surface area contributed by atoms with E-state index in [-0.39, 0.29) is 23.7 Å². The van der Waals surface area contributed by atoms with Crippen molar-refractivity contribution in [3.05, 3.63) is 52.6 Å². The van der Waals surface area contributed by atoms with E-state index >= 15 is 0 Å². The summed E-state index contributed by atoms with van der Waals surface area (Å²) in [4.78, 5) is 34.4. The van der Waals surface area contributed by atoms with Gasteiger partial charge in [0, 0.05) is 6.07 Å². The minimum Gasteiger partial charge on any atom is -0.497 e. The molecule has 0 saturated carbocycles. The molecule has 0 heterocycles. The molecular weight excluding hydrogens is 384 g/mol. The van der Waals surface area contributed by atoms with E-state index in [1.54, 1.807) is 24.3 Å². The predicted molar refractivity (Wildman–Crippen MR) is 102 cm³/mol. The molecule has 0 aliphatic rings. The summed E-state index contributed by atoms with van der Waals surface area (Å²) in [5.41, 5.74) is 0.0236. The third-order valence-electron chi connectivity index (χ3n) is 3.75. The number of nitro groups is 1. The Morgan fingerprint density at radius 2 is 1.72 bits per heavy atom. The quantitative estimate of drug-likeness (QED) is 0.384. The van der Waals surface area contributed by atoms with Gasteiger partial charge in [-0.3, -0.25) is 14.9 Å². The molecule has 0 aliphatic heterocycles. The van der Waals surface area contributed by atoms with E-state index in [4.69, 9.17) is 18.9 Å². The van der Waals surface area contributed by atoms with Crippen LogP contribution in [0.2, 0.25) is 0 Å². The summed E-state index contributed by atoms with van der Waals surface area (Å²) >= 11 is 0. The highest BCUT2D eigenvalue weighted by molar-refractivity contribution is 5.96. The van der Waals surface area contributed by atoms with Gasteiger partial charge >= 0.3 is 5.97 Å². The number of nitrogens with one attached hydrogen (secondary N) is 1. The zero-order chi connectivity index (χ0) is 21.4. The van der Waals surface area contributed by atoms with Gasteiger partial charge in [-0.15, -0.1) is 0 Å². The van der Waals surface area contributed by atoms with Crippen LogP contribution in [-0.4, -0.2) is 43.7 Å². The molecule has 0 bridgehead atoms. The molecule has 10 nitrogen and oxygen atoms in total. The van der Waals surface area contributed by atoms with Crippen molar-refractivity contribution in [2.75, 3.05) is 26.1 Å². The van der Waals surface area contributed by atoms with Gasteiger partial charge in [0.1, 0.15) is 17.2 Å². The summed E-state index contributed by atoms with van der Waals surface area (Å²) in [5, 5.41) is 13.3. The fraction of sp³-hybridized carbons (Fsp3) is 0.263. The van der Waals surface area contributed by atoms with Crippen molar-refractivity contribution in [1.29, 1.82) is 0 Å². The monoisotopic (exact) mass is 404 g/mol. The van der Waals surface area contributed by atoms with Crippen LogP contribution in [0.4, 0.5) is 11.4 Å². The highest BCUT2D eigenvalue weighted by Crippen LogP contribution is 2.29. The van der Waals surface area contributed by atoms with Crippen molar-refractivity contribution < 1.29 is 33.5 Å². The molecule has 0 aromatic heterocycles. The maximum atomic E-state index is 12.2. The maximum Gasteiger partial charge on any atom is 0.344 e. The number of amides is 1. The van der Waals surface area contributed by atoms with E-state index in [9.17, 15) is 19.7 Å². The van der Waals surface area contributed by atoms with Crippen molar-refractivity contribution in [2.45, 2.75) is 13.0 Å². The molecule has 0 unspecified atom stereocenters. The van der Waals surface area contributed by atoms with Crippen LogP contribution in [-0.2, 0) is 14.3 Å². The summed E-state index contributed by atoms with van der Waals surface area (Å²) in [6.45, 7) is 1.00. The van der Waals surface area contributed by atoms with Gasteiger partial charge in [-0.05, 0) is 37.3 Å². The van der Waals surface area contributed by atoms with Crippen molar-refractivity contribution >= 4 is 23.3 Å². The molecule has 10 heteroatoms. The molecule has 1 N–H and O–H groups in total. The Hall–Kier alpha value is -3.82. The zero-order valence-electron chi connectivity index (χ0n) is 16.0. The van der Waals surface area contributed by atoms with E-state index < -0.39 is 22.9 Å². The summed E-state index contributed by atoms with van der Waals surface area (Å²) < 4.78 is 20.4. The Labute approximate surface area is 166 Å². The van der Waals surface area contributed by atoms with Gasteiger partial charge in [-0.25, -0.2) is 4.79 Å². The van der Waals surface area contributed by atoms with Crippen molar-refractivity contribution in [3.8, 4) is 17.2 Å². The minimum atomic E-state index is -1.12. The van der Waals surface area contributed by atoms with E-state index in [0.29, 0.717) is 11.5 Å². The lowest BCUT2D eigenvalue weighted by molar-refractivity contribution is -0.384. The van der Waals surface area contributed by atoms with Crippen LogP contribution in [0.25, 0.3) is 0 Å². The van der Waals surface area contributed by atoms with Crippen LogP contribution in [0, 0.1) is 10.1 Å². The van der Waals surface area contributed by atoms with Gasteiger partial charge < -0.3 is 24.3 Å². The number of carbonyl (C=O) groups excluding carboxylic acids is 2. The third kappa shape index (κ3) is 6.09. The molecule has 0 aliphatic carbocycles. The van der Waals surface area contributed by atoms with Gasteiger partial charge in [0.25, 0.3) is 11.6 Å². The average Bonchev–Trinajstić information content (AvgIpc) is 2.72. The Morgan fingerprint density at radius 1 is 1.07 bits per heavy atom. The summed E-state index contributed by atoms with van der Waals surface area (Å²) in [5.74, 6) is -0.176. The van der Waals surface area contributed by atoms with Crippen molar-refractivity contribution in [3.63, 3.8) is 0 Å². The van der Waals surface area contributed by atoms with E-state index in [0.717, 1.165) is 0 Å². The predicted octanol–water partition coefficient (Wildman–Crippen LogP) is 2.56. The van der Waals surface area contributed by atoms with E-state index in [1.165, 1.54) is 39.3 Å². The third-order valence-corrected chi connectivity index (χ3v) is 3.75. The standard InChI is InChI=1S/C19H20N2O8/c1-12(29-18(22)11-28-15-7-5-14(26-2)6-8-15)19(23)20-16-9-4-13(21(24)25)10-17(16)27-3/h4-10,12H,11H2,1-3H3,(H,20,23)/t12-/m1/s1. The molecule has 0 fully saturated rings. The molecular formula is C19H20N2O8. The molecule has 154 valence electrons. The van der Waals surface area contributed by atoms with Gasteiger partial charge in [-0.2, -0.15) is 0 Å². The number of rotatable bonds is 9. The number of carbonyl (C=O) groups is 2. The molecule has 0 spiro atoms. The second kappa shape index (κ2) is 9.93. The fourth-order valence-corrected chi connectivity index (χ4v) is 2.23. The lowest BCUT2D eigenvalue weighted by Crippen LogP contribution is -2.31. The van der Waals surface area contributed by atoms with Crippen molar-refractivity contribution in [2.24, 2.45) is 0 Å². The Balaban J connectivity index is 1.89. The molecule has 29 heavy (non-hydrogen) atoms. The first-order valence-electron chi connectivity index (χ1n) is 8.43. The number of ether oxygens (including phenoxy) is 4. The minimum absolute atomic E-state index is 0.105. The summed E-state index contributed by atoms with van der Waals surface area (Å²) in [7, 11) is 2.85. The average molecular weight is 404 g/mol. The number of benzene rings is 2. The lowest BCUT2D eigenvalue weighted by atomic mass is 10.2. The second-order valence-electron chi connectivity index (χ2n) is 5.73. The molecule has 2 aromatic carbocycles. The molecule has 0 saturated heterocycles. The smallest absolute Gasteiger partial charge is 0.344 e. The van der Waals surface area contributed by atoms with E-state index in [1.807, 2.05) is 0 Å². The molecule has 2 rings (SSSR count). The number of esters is 1. The number of hydrogen-bond donors (Lipinski definition) is 1. The number of non-ortho nitro benzene ring substituents is 1. The number of anilines is 1. The Bertz CT molecular complexity index is 882. The first-order valence-corrected chi connectivity index (χ1v) is 8.43. The van der Waals surface area contributed by atoms with Gasteiger partial charge in [0.15, 0.2) is 12.7 Å². The molecule has 1 atom stereocenters. The van der Waals surface area contributed by atoms with Crippen LogP contribution < -0.4 is 19.5 Å². The Kier molecular flexibility index (Phi) is 7.35. The molecule has 1 amide bonds. The summed E-state index contributed by atoms with van der Waals surface area (Å²) in [6.07, 6.45) is -1.12. The van der Waals surface area contributed by atoms with Gasteiger partial charge in [-0.1, -0.05) is 0 Å². The number of hydrogen-bond acceptors (Lipinski definition) is 8. The summed E-state index contributed by atoms with van der Waals surface area (Å²) in [6, 6.07) is 10.3. The van der Waals surface area contributed by atoms with Crippen molar-refractivity contribution in [1.82, 2.24) is 0 Å². The largest absolute Gasteiger partial charge is 0.497 e. The number of nitro benzene ring substituents is 1. The number of methoxy groups -OCH3 is 2. The van der Waals surface area contributed by atoms with Gasteiger partial charge in [0.05, 0.1) is 30.9 Å². The fourth-order valence-electron chi connectivity index (χ4n) is 2.23. The second-order valence-corrected chi connectivity index (χ2v) is 5.73. The lowest BCUT2D eigenvalue weighted by Gasteiger charge is -2.15. The van der Waals surface area contributed by atoms with Crippen LogP contribution in [0.3, 0.4) is 0 Å². The first-order chi connectivity index (χ1) is 13.8. The van der Waals surface area contributed by atoms with Crippen LogP contribution in [0.5, 0.6) is 17.2 Å². The number of nitrogens with zero attached hydrogens (tertiary/aromatic N) is 1. The topological polar surface area (TPSA) is 126 Å². The Morgan fingerprint density at radius 3 is 2.31 bits per heavy atom. The van der Waals surface area contributed by atoms with Crippen LogP contribution >= 0.6 is 0 Å². The first kappa shape index (κ1) is 21.5. The molecule has 0 radical (unpaired) electrons. The van der Waals surface area contributed by atoms with Crippen LogP contribution in [0.1, 0.15) is 6.92 Å². The SMILES string of the molecule is COc1ccc(OCC(=O)O[C@H](C)C(=O)Nc2ccc([N+](=O)[O-])cc2OC)cc1. The highest BCUT2D eigenvalue weighted by Gasteiger charge is 2.20.